The number of nitrogens with zero attached hydrogens (tertiary/aromatic N) is 3. The summed E-state index contributed by atoms with van der Waals surface area (Å²) < 4.78 is 13.5. The van der Waals surface area contributed by atoms with Crippen molar-refractivity contribution in [2.75, 3.05) is 32.7 Å². The molecule has 1 N–H and O–H groups in total. The van der Waals surface area contributed by atoms with Crippen LogP contribution in [-0.2, 0) is 29.2 Å². The first kappa shape index (κ1) is 34.1. The molecular formula is C44H43N3O5. The number of hydrogen-bond donors (Lipinski definition) is 1. The van der Waals surface area contributed by atoms with Crippen LogP contribution < -0.4 is 0 Å². The molecule has 3 aliphatic heterocycles. The number of carbonyl (C=O) groups excluding carboxylic acids is 2. The molecule has 0 bridgehead atoms. The second-order valence-electron chi connectivity index (χ2n) is 14.0. The van der Waals surface area contributed by atoms with Gasteiger partial charge in [0.25, 0.3) is 11.8 Å². The lowest BCUT2D eigenvalue weighted by Gasteiger charge is -2.41. The van der Waals surface area contributed by atoms with Gasteiger partial charge in [-0.1, -0.05) is 103 Å². The average molecular weight is 694 g/mol. The Morgan fingerprint density at radius 3 is 1.92 bits per heavy atom. The number of imide groups is 1. The SMILES string of the molecule is O=C1c2ccccc2C(=O)N1Cc1cccc(-c2cccc([C@@H]3O[C@H](CN4CCN(Cc5ccccc5)CC4)C[C@H](c4ccc(CO)cc4)O3)c2)c1. The molecule has 3 heterocycles. The lowest BCUT2D eigenvalue weighted by molar-refractivity contribution is -0.253. The maximum atomic E-state index is 13.0. The van der Waals surface area contributed by atoms with Crippen LogP contribution in [0.2, 0.25) is 0 Å². The van der Waals surface area contributed by atoms with E-state index in [9.17, 15) is 14.7 Å². The van der Waals surface area contributed by atoms with Gasteiger partial charge in [-0.25, -0.2) is 0 Å². The summed E-state index contributed by atoms with van der Waals surface area (Å²) in [6, 6.07) is 41.9. The van der Waals surface area contributed by atoms with Crippen molar-refractivity contribution in [1.82, 2.24) is 14.7 Å². The van der Waals surface area contributed by atoms with Crippen LogP contribution in [0.3, 0.4) is 0 Å². The molecular weight excluding hydrogens is 651 g/mol. The minimum atomic E-state index is -0.567. The number of piperazine rings is 1. The Bertz CT molecular complexity index is 1990. The van der Waals surface area contributed by atoms with Gasteiger partial charge in [-0.15, -0.1) is 0 Å². The minimum absolute atomic E-state index is 0.00268. The number of hydrogen-bond acceptors (Lipinski definition) is 7. The maximum Gasteiger partial charge on any atom is 0.261 e. The van der Waals surface area contributed by atoms with Gasteiger partial charge in [0.05, 0.1) is 36.5 Å². The van der Waals surface area contributed by atoms with Crippen molar-refractivity contribution in [1.29, 1.82) is 0 Å². The zero-order valence-corrected chi connectivity index (χ0v) is 29.1. The predicted octanol–water partition coefficient (Wildman–Crippen LogP) is 7.01. The van der Waals surface area contributed by atoms with E-state index in [1.807, 2.05) is 60.7 Å². The summed E-state index contributed by atoms with van der Waals surface area (Å²) in [5.41, 5.74) is 7.97. The van der Waals surface area contributed by atoms with Crippen molar-refractivity contribution < 1.29 is 24.2 Å². The first-order chi connectivity index (χ1) is 25.5. The summed E-state index contributed by atoms with van der Waals surface area (Å²) in [6.45, 7) is 6.00. The third kappa shape index (κ3) is 7.48. The van der Waals surface area contributed by atoms with Crippen molar-refractivity contribution in [3.8, 4) is 11.1 Å². The number of aliphatic hydroxyl groups excluding tert-OH is 1. The molecule has 8 rings (SSSR count). The second-order valence-corrected chi connectivity index (χ2v) is 14.0. The fourth-order valence-corrected chi connectivity index (χ4v) is 7.57. The molecule has 3 aliphatic rings. The highest BCUT2D eigenvalue weighted by molar-refractivity contribution is 6.21. The van der Waals surface area contributed by atoms with E-state index in [2.05, 4.69) is 52.3 Å². The number of benzene rings is 5. The first-order valence-electron chi connectivity index (χ1n) is 18.1. The molecule has 2 amide bonds. The van der Waals surface area contributed by atoms with Crippen molar-refractivity contribution in [3.05, 3.63) is 166 Å². The van der Waals surface area contributed by atoms with Crippen LogP contribution in [0.5, 0.6) is 0 Å². The third-order valence-corrected chi connectivity index (χ3v) is 10.4. The van der Waals surface area contributed by atoms with E-state index in [1.165, 1.54) is 10.5 Å². The van der Waals surface area contributed by atoms with Gasteiger partial charge in [0.1, 0.15) is 0 Å². The van der Waals surface area contributed by atoms with E-state index in [0.717, 1.165) is 79.1 Å². The van der Waals surface area contributed by atoms with Gasteiger partial charge in [-0.2, -0.15) is 0 Å². The molecule has 0 aromatic heterocycles. The first-order valence-corrected chi connectivity index (χ1v) is 18.1. The van der Waals surface area contributed by atoms with Gasteiger partial charge in [0, 0.05) is 51.3 Å². The van der Waals surface area contributed by atoms with Gasteiger partial charge in [-0.05, 0) is 57.6 Å². The van der Waals surface area contributed by atoms with Crippen LogP contribution in [0.4, 0.5) is 0 Å². The van der Waals surface area contributed by atoms with E-state index in [-0.39, 0.29) is 37.2 Å². The standard InChI is InChI=1S/C44H43N3O5/c48-30-32-16-18-34(19-17-32)41-26-38(29-46-22-20-45(21-23-46)27-31-8-2-1-3-9-31)51-44(52-41)37-13-7-12-36(25-37)35-11-6-10-33(24-35)28-47-42(49)39-14-4-5-15-40(39)43(47)50/h1-19,24-25,38,41,44,48H,20-23,26-30H2/t38-,41+,44+/m0/s1. The summed E-state index contributed by atoms with van der Waals surface area (Å²) in [6.07, 6.45) is -0.0307. The lowest BCUT2D eigenvalue weighted by Crippen LogP contribution is -2.49. The highest BCUT2D eigenvalue weighted by Gasteiger charge is 2.36. The molecule has 0 unspecified atom stereocenters. The predicted molar refractivity (Wildman–Crippen MR) is 199 cm³/mol. The Balaban J connectivity index is 0.983. The number of aliphatic hydroxyl groups is 1. The van der Waals surface area contributed by atoms with Crippen LogP contribution in [0.1, 0.15) is 67.3 Å². The Hall–Kier alpha value is -4.96. The molecule has 5 aromatic carbocycles. The molecule has 3 atom stereocenters. The van der Waals surface area contributed by atoms with Crippen LogP contribution in [0, 0.1) is 0 Å². The molecule has 8 nitrogen and oxygen atoms in total. The lowest BCUT2D eigenvalue weighted by atomic mass is 9.98. The second kappa shape index (κ2) is 15.3. The Morgan fingerprint density at radius 2 is 1.21 bits per heavy atom. The number of amides is 2. The highest BCUT2D eigenvalue weighted by atomic mass is 16.7. The fraction of sp³-hybridized carbons (Fsp3) is 0.273. The summed E-state index contributed by atoms with van der Waals surface area (Å²) >= 11 is 0. The van der Waals surface area contributed by atoms with Crippen molar-refractivity contribution in [2.24, 2.45) is 0 Å². The van der Waals surface area contributed by atoms with Crippen LogP contribution in [0.15, 0.2) is 127 Å². The van der Waals surface area contributed by atoms with Gasteiger partial charge in [0.2, 0.25) is 0 Å². The Morgan fingerprint density at radius 1 is 0.577 bits per heavy atom. The van der Waals surface area contributed by atoms with E-state index >= 15 is 0 Å². The fourth-order valence-electron chi connectivity index (χ4n) is 7.57. The van der Waals surface area contributed by atoms with Crippen LogP contribution in [0.25, 0.3) is 11.1 Å². The van der Waals surface area contributed by atoms with Crippen molar-refractivity contribution >= 4 is 11.8 Å². The van der Waals surface area contributed by atoms with Crippen molar-refractivity contribution in [2.45, 2.75) is 44.6 Å². The third-order valence-electron chi connectivity index (χ3n) is 10.4. The Kier molecular flexibility index (Phi) is 10.1. The molecule has 2 saturated heterocycles. The van der Waals surface area contributed by atoms with Gasteiger partial charge in [0.15, 0.2) is 6.29 Å². The molecule has 52 heavy (non-hydrogen) atoms. The Labute approximate surface area is 304 Å². The largest absolute Gasteiger partial charge is 0.392 e. The van der Waals surface area contributed by atoms with Crippen LogP contribution >= 0.6 is 0 Å². The highest BCUT2D eigenvalue weighted by Crippen LogP contribution is 2.39. The zero-order chi connectivity index (χ0) is 35.4. The van der Waals surface area contributed by atoms with E-state index in [1.54, 1.807) is 24.3 Å². The smallest absolute Gasteiger partial charge is 0.261 e. The molecule has 0 aliphatic carbocycles. The van der Waals surface area contributed by atoms with Gasteiger partial charge < -0.3 is 14.6 Å². The summed E-state index contributed by atoms with van der Waals surface area (Å²) in [4.78, 5) is 32.4. The molecule has 0 radical (unpaired) electrons. The normalized spacial score (nSPS) is 21.0. The minimum Gasteiger partial charge on any atom is -0.392 e. The molecule has 0 saturated carbocycles. The van der Waals surface area contributed by atoms with Gasteiger partial charge in [-0.3, -0.25) is 24.3 Å². The number of rotatable bonds is 10. The van der Waals surface area contributed by atoms with Gasteiger partial charge >= 0.3 is 0 Å². The molecule has 264 valence electrons. The zero-order valence-electron chi connectivity index (χ0n) is 29.1. The monoisotopic (exact) mass is 693 g/mol. The van der Waals surface area contributed by atoms with Crippen LogP contribution in [-0.4, -0.2) is 70.4 Å². The van der Waals surface area contributed by atoms with Crippen molar-refractivity contribution in [3.63, 3.8) is 0 Å². The number of ether oxygens (including phenoxy) is 2. The average Bonchev–Trinajstić information content (AvgIpc) is 3.44. The summed E-state index contributed by atoms with van der Waals surface area (Å²) in [7, 11) is 0. The number of carbonyl (C=O) groups is 2. The number of fused-ring (bicyclic) bond motifs is 1. The topological polar surface area (TPSA) is 82.6 Å². The molecule has 5 aromatic rings. The quantitative estimate of drug-likeness (QED) is 0.158. The molecule has 2 fully saturated rings. The molecule has 8 heteroatoms. The summed E-state index contributed by atoms with van der Waals surface area (Å²) in [5, 5.41) is 9.63. The summed E-state index contributed by atoms with van der Waals surface area (Å²) in [5.74, 6) is -0.521. The molecule has 0 spiro atoms. The maximum absolute atomic E-state index is 13.0. The van der Waals surface area contributed by atoms with E-state index in [0.29, 0.717) is 11.1 Å². The van der Waals surface area contributed by atoms with E-state index in [4.69, 9.17) is 9.47 Å². The van der Waals surface area contributed by atoms with E-state index < -0.39 is 6.29 Å².